The predicted molar refractivity (Wildman–Crippen MR) is 157 cm³/mol. The van der Waals surface area contributed by atoms with Gasteiger partial charge in [0.2, 0.25) is 0 Å². The molecule has 0 bridgehead atoms. The maximum absolute atomic E-state index is 4.69. The summed E-state index contributed by atoms with van der Waals surface area (Å²) in [4.78, 5) is 19.8. The molecule has 0 amide bonds. The Morgan fingerprint density at radius 3 is 2.54 bits per heavy atom. The summed E-state index contributed by atoms with van der Waals surface area (Å²) in [6, 6.07) is 23.1. The molecule has 0 atom stereocenters. The Labute approximate surface area is 229 Å². The standard InChI is InChI=1S/C31H25N7S/c1-19-7-8-28(39-19)30-24-13-27(36-26(24)9-10-34-30)29-25-12-23(18-35-31(25)38-37-29)22-11-21(16-33-17-22)15-32-14-20-5-3-2-4-6-20/h2-13,16-18,32,36H,14-15H2,1H3,(H,35,37,38). The van der Waals surface area contributed by atoms with Crippen molar-refractivity contribution in [1.29, 1.82) is 0 Å². The number of rotatable bonds is 7. The smallest absolute Gasteiger partial charge is 0.155 e. The number of fused-ring (bicyclic) bond motifs is 2. The lowest BCUT2D eigenvalue weighted by atomic mass is 10.1. The van der Waals surface area contributed by atoms with E-state index in [2.05, 4.69) is 97.0 Å². The first-order valence-corrected chi connectivity index (χ1v) is 13.6. The first-order valence-electron chi connectivity index (χ1n) is 12.8. The number of nitrogens with one attached hydrogen (secondary N) is 3. The van der Waals surface area contributed by atoms with Crippen LogP contribution in [0.4, 0.5) is 0 Å². The van der Waals surface area contributed by atoms with Gasteiger partial charge < -0.3 is 10.3 Å². The molecule has 0 unspecified atom stereocenters. The highest BCUT2D eigenvalue weighted by Crippen LogP contribution is 2.35. The van der Waals surface area contributed by atoms with Gasteiger partial charge in [0, 0.05) is 70.2 Å². The highest BCUT2D eigenvalue weighted by atomic mass is 32.1. The zero-order valence-corrected chi connectivity index (χ0v) is 22.1. The number of aryl methyl sites for hydroxylation is 1. The van der Waals surface area contributed by atoms with Crippen LogP contribution in [0.25, 0.3) is 55.0 Å². The van der Waals surface area contributed by atoms with Gasteiger partial charge in [0.15, 0.2) is 5.65 Å². The van der Waals surface area contributed by atoms with E-state index in [1.807, 2.05) is 36.9 Å². The summed E-state index contributed by atoms with van der Waals surface area (Å²) in [6.07, 6.45) is 7.51. The Bertz CT molecular complexity index is 1920. The Morgan fingerprint density at radius 1 is 0.795 bits per heavy atom. The zero-order valence-electron chi connectivity index (χ0n) is 21.3. The minimum atomic E-state index is 0.734. The molecule has 0 aliphatic heterocycles. The topological polar surface area (TPSA) is 95.2 Å². The molecule has 0 saturated carbocycles. The Balaban J connectivity index is 1.20. The van der Waals surface area contributed by atoms with Crippen LogP contribution in [0.3, 0.4) is 0 Å². The number of hydrogen-bond donors (Lipinski definition) is 3. The lowest BCUT2D eigenvalue weighted by Crippen LogP contribution is -2.12. The number of nitrogens with zero attached hydrogens (tertiary/aromatic N) is 4. The van der Waals surface area contributed by atoms with E-state index in [1.165, 1.54) is 10.4 Å². The third kappa shape index (κ3) is 4.60. The predicted octanol–water partition coefficient (Wildman–Crippen LogP) is 6.89. The summed E-state index contributed by atoms with van der Waals surface area (Å²) in [6.45, 7) is 3.66. The van der Waals surface area contributed by atoms with Gasteiger partial charge in [-0.05, 0) is 54.4 Å². The molecule has 3 N–H and O–H groups in total. The van der Waals surface area contributed by atoms with Crippen molar-refractivity contribution in [2.24, 2.45) is 0 Å². The van der Waals surface area contributed by atoms with E-state index in [1.54, 1.807) is 11.3 Å². The Hall–Kier alpha value is -4.66. The van der Waals surface area contributed by atoms with Crippen molar-refractivity contribution in [3.63, 3.8) is 0 Å². The van der Waals surface area contributed by atoms with Crippen LogP contribution in [0.1, 0.15) is 16.0 Å². The monoisotopic (exact) mass is 527 g/mol. The van der Waals surface area contributed by atoms with Crippen LogP contribution >= 0.6 is 11.3 Å². The molecule has 0 aliphatic carbocycles. The molecule has 8 heteroatoms. The highest BCUT2D eigenvalue weighted by molar-refractivity contribution is 7.15. The zero-order chi connectivity index (χ0) is 26.2. The quantitative estimate of drug-likeness (QED) is 0.210. The van der Waals surface area contributed by atoms with Gasteiger partial charge in [-0.2, -0.15) is 5.10 Å². The van der Waals surface area contributed by atoms with Crippen LogP contribution in [-0.2, 0) is 13.1 Å². The number of pyridine rings is 3. The Morgan fingerprint density at radius 2 is 1.67 bits per heavy atom. The fourth-order valence-corrected chi connectivity index (χ4v) is 5.77. The van der Waals surface area contributed by atoms with E-state index < -0.39 is 0 Å². The second-order valence-electron chi connectivity index (χ2n) is 9.58. The van der Waals surface area contributed by atoms with Gasteiger partial charge in [-0.15, -0.1) is 11.3 Å². The molecule has 0 radical (unpaired) electrons. The minimum absolute atomic E-state index is 0.734. The third-order valence-electron chi connectivity index (χ3n) is 6.82. The highest BCUT2D eigenvalue weighted by Gasteiger charge is 2.16. The second kappa shape index (κ2) is 9.90. The number of hydrogen-bond acceptors (Lipinski definition) is 6. The average molecular weight is 528 g/mol. The normalized spacial score (nSPS) is 11.5. The molecule has 7 rings (SSSR count). The van der Waals surface area contributed by atoms with E-state index in [-0.39, 0.29) is 0 Å². The first kappa shape index (κ1) is 23.5. The van der Waals surface area contributed by atoms with Crippen LogP contribution in [-0.4, -0.2) is 30.1 Å². The molecular formula is C31H25N7S. The van der Waals surface area contributed by atoms with E-state index in [9.17, 15) is 0 Å². The van der Waals surface area contributed by atoms with Gasteiger partial charge in [-0.25, -0.2) is 4.98 Å². The molecule has 0 spiro atoms. The fourth-order valence-electron chi connectivity index (χ4n) is 4.90. The molecule has 0 fully saturated rings. The Kier molecular flexibility index (Phi) is 5.96. The number of benzene rings is 1. The molecule has 7 aromatic rings. The number of aromatic nitrogens is 6. The molecule has 7 nitrogen and oxygen atoms in total. The maximum Gasteiger partial charge on any atom is 0.155 e. The average Bonchev–Trinajstić information content (AvgIpc) is 3.71. The van der Waals surface area contributed by atoms with E-state index >= 15 is 0 Å². The lowest BCUT2D eigenvalue weighted by molar-refractivity contribution is 0.691. The number of H-pyrrole nitrogens is 2. The van der Waals surface area contributed by atoms with Crippen molar-refractivity contribution in [3.05, 3.63) is 108 Å². The molecule has 39 heavy (non-hydrogen) atoms. The molecule has 190 valence electrons. The van der Waals surface area contributed by atoms with Crippen molar-refractivity contribution in [3.8, 4) is 33.1 Å². The van der Waals surface area contributed by atoms with Crippen molar-refractivity contribution < 1.29 is 0 Å². The summed E-state index contributed by atoms with van der Waals surface area (Å²) in [5, 5.41) is 13.3. The van der Waals surface area contributed by atoms with Gasteiger partial charge in [0.25, 0.3) is 0 Å². The van der Waals surface area contributed by atoms with Gasteiger partial charge in [0.1, 0.15) is 5.69 Å². The van der Waals surface area contributed by atoms with Crippen LogP contribution < -0.4 is 5.32 Å². The van der Waals surface area contributed by atoms with Crippen molar-refractivity contribution in [1.82, 2.24) is 35.5 Å². The van der Waals surface area contributed by atoms with E-state index in [0.29, 0.717) is 0 Å². The van der Waals surface area contributed by atoms with Crippen molar-refractivity contribution >= 4 is 33.3 Å². The van der Waals surface area contributed by atoms with Crippen molar-refractivity contribution in [2.75, 3.05) is 0 Å². The first-order chi connectivity index (χ1) is 19.2. The van der Waals surface area contributed by atoms with Crippen LogP contribution in [0, 0.1) is 6.92 Å². The maximum atomic E-state index is 4.69. The van der Waals surface area contributed by atoms with Crippen LogP contribution in [0.15, 0.2) is 91.5 Å². The molecule has 6 heterocycles. The lowest BCUT2D eigenvalue weighted by Gasteiger charge is -2.07. The summed E-state index contributed by atoms with van der Waals surface area (Å²) >= 11 is 1.75. The summed E-state index contributed by atoms with van der Waals surface area (Å²) in [7, 11) is 0. The molecule has 0 saturated heterocycles. The minimum Gasteiger partial charge on any atom is -0.353 e. The van der Waals surface area contributed by atoms with E-state index in [0.717, 1.165) is 73.7 Å². The number of thiophene rings is 1. The molecule has 1 aromatic carbocycles. The molecule has 0 aliphatic rings. The van der Waals surface area contributed by atoms with Gasteiger partial charge in [0.05, 0.1) is 16.3 Å². The second-order valence-corrected chi connectivity index (χ2v) is 10.9. The summed E-state index contributed by atoms with van der Waals surface area (Å²) < 4.78 is 0. The van der Waals surface area contributed by atoms with Gasteiger partial charge in [-0.3, -0.25) is 15.1 Å². The number of aromatic amines is 2. The van der Waals surface area contributed by atoms with Gasteiger partial charge >= 0.3 is 0 Å². The van der Waals surface area contributed by atoms with Gasteiger partial charge in [-0.1, -0.05) is 30.3 Å². The van der Waals surface area contributed by atoms with Crippen LogP contribution in [0.5, 0.6) is 0 Å². The SMILES string of the molecule is Cc1ccc(-c2nccc3[nH]c(-c4n[nH]c5ncc(-c6cncc(CNCc7ccccc7)c6)cc45)cc23)s1. The molecular weight excluding hydrogens is 502 g/mol. The summed E-state index contributed by atoms with van der Waals surface area (Å²) in [5.41, 5.74) is 8.91. The summed E-state index contributed by atoms with van der Waals surface area (Å²) in [5.74, 6) is 0. The van der Waals surface area contributed by atoms with E-state index in [4.69, 9.17) is 0 Å². The third-order valence-corrected chi connectivity index (χ3v) is 7.83. The fraction of sp³-hybridized carbons (Fsp3) is 0.0968. The van der Waals surface area contributed by atoms with Crippen LogP contribution in [0.2, 0.25) is 0 Å². The van der Waals surface area contributed by atoms with Crippen molar-refractivity contribution in [2.45, 2.75) is 20.0 Å². The molecule has 6 aromatic heterocycles. The largest absolute Gasteiger partial charge is 0.353 e.